The van der Waals surface area contributed by atoms with Crippen molar-refractivity contribution in [3.63, 3.8) is 0 Å². The third kappa shape index (κ3) is 2.75. The number of nitrogens with zero attached hydrogens (tertiary/aromatic N) is 6. The second-order valence-electron chi connectivity index (χ2n) is 4.28. The maximum atomic E-state index is 10.6. The third-order valence-electron chi connectivity index (χ3n) is 2.74. The van der Waals surface area contributed by atoms with Gasteiger partial charge < -0.3 is 9.67 Å². The van der Waals surface area contributed by atoms with Gasteiger partial charge in [-0.3, -0.25) is 4.79 Å². The Morgan fingerprint density at radius 2 is 2.32 bits per heavy atom. The molecule has 0 aliphatic heterocycles. The lowest BCUT2D eigenvalue weighted by molar-refractivity contribution is -0.133. The Labute approximate surface area is 112 Å². The molecule has 1 fully saturated rings. The highest BCUT2D eigenvalue weighted by Gasteiger charge is 2.29. The number of aromatic nitrogens is 6. The zero-order valence-corrected chi connectivity index (χ0v) is 10.8. The van der Waals surface area contributed by atoms with Crippen LogP contribution in [0.1, 0.15) is 24.7 Å². The van der Waals surface area contributed by atoms with Crippen molar-refractivity contribution in [2.24, 2.45) is 0 Å². The fourth-order valence-electron chi connectivity index (χ4n) is 1.80. The summed E-state index contributed by atoms with van der Waals surface area (Å²) in [6.45, 7) is 0.497. The van der Waals surface area contributed by atoms with E-state index in [1.54, 1.807) is 11.0 Å². The molecule has 1 saturated carbocycles. The normalized spacial score (nSPS) is 14.7. The van der Waals surface area contributed by atoms with E-state index in [1.165, 1.54) is 18.1 Å². The fraction of sp³-hybridized carbons (Fsp3) is 0.500. The summed E-state index contributed by atoms with van der Waals surface area (Å²) in [4.78, 5) is 14.5. The molecule has 9 heteroatoms. The fourth-order valence-corrected chi connectivity index (χ4v) is 2.54. The molecule has 100 valence electrons. The first-order chi connectivity index (χ1) is 9.24. The van der Waals surface area contributed by atoms with E-state index in [9.17, 15) is 4.79 Å². The molecule has 0 bridgehead atoms. The predicted molar refractivity (Wildman–Crippen MR) is 65.8 cm³/mol. The maximum absolute atomic E-state index is 10.6. The number of thioether (sulfide) groups is 1. The Morgan fingerprint density at radius 1 is 1.47 bits per heavy atom. The molecule has 0 spiro atoms. The highest BCUT2D eigenvalue weighted by atomic mass is 32.2. The maximum Gasteiger partial charge on any atom is 0.313 e. The molecule has 2 aromatic rings. The Balaban J connectivity index is 1.81. The van der Waals surface area contributed by atoms with Crippen LogP contribution >= 0.6 is 11.8 Å². The number of rotatable bonds is 6. The Kier molecular flexibility index (Phi) is 3.20. The number of hydrogen-bond donors (Lipinski definition) is 1. The summed E-state index contributed by atoms with van der Waals surface area (Å²) in [6.07, 6.45) is 5.26. The molecular formula is C10H12N6O2S. The second-order valence-corrected chi connectivity index (χ2v) is 5.22. The molecule has 0 atom stereocenters. The van der Waals surface area contributed by atoms with Crippen LogP contribution in [0.5, 0.6) is 0 Å². The van der Waals surface area contributed by atoms with E-state index in [-0.39, 0.29) is 5.75 Å². The van der Waals surface area contributed by atoms with Crippen molar-refractivity contribution in [2.75, 3.05) is 5.75 Å². The van der Waals surface area contributed by atoms with Gasteiger partial charge >= 0.3 is 5.97 Å². The van der Waals surface area contributed by atoms with E-state index in [0.717, 1.165) is 18.7 Å². The van der Waals surface area contributed by atoms with Gasteiger partial charge in [-0.1, -0.05) is 11.8 Å². The number of carboxylic acid groups (broad SMARTS) is 1. The van der Waals surface area contributed by atoms with Crippen molar-refractivity contribution in [2.45, 2.75) is 30.6 Å². The summed E-state index contributed by atoms with van der Waals surface area (Å²) in [5.74, 6) is -0.0668. The number of carboxylic acids is 1. The molecule has 0 saturated heterocycles. The van der Waals surface area contributed by atoms with Gasteiger partial charge in [0.15, 0.2) is 11.0 Å². The van der Waals surface area contributed by atoms with Crippen LogP contribution in [0, 0.1) is 0 Å². The van der Waals surface area contributed by atoms with Gasteiger partial charge in [-0.25, -0.2) is 9.67 Å². The first kappa shape index (κ1) is 12.2. The van der Waals surface area contributed by atoms with Crippen molar-refractivity contribution >= 4 is 17.7 Å². The third-order valence-corrected chi connectivity index (χ3v) is 3.67. The average Bonchev–Trinajstić information content (AvgIpc) is 2.94. The zero-order chi connectivity index (χ0) is 13.2. The van der Waals surface area contributed by atoms with Gasteiger partial charge in [-0.2, -0.15) is 5.10 Å². The van der Waals surface area contributed by atoms with Crippen LogP contribution in [-0.4, -0.2) is 46.4 Å². The van der Waals surface area contributed by atoms with Crippen LogP contribution in [0.4, 0.5) is 0 Å². The molecule has 2 aromatic heterocycles. The first-order valence-corrected chi connectivity index (χ1v) is 6.83. The summed E-state index contributed by atoms with van der Waals surface area (Å²) in [7, 11) is 0. The van der Waals surface area contributed by atoms with Gasteiger partial charge in [-0.15, -0.1) is 10.2 Å². The lowest BCUT2D eigenvalue weighted by Crippen LogP contribution is -2.09. The molecule has 8 nitrogen and oxygen atoms in total. The highest BCUT2D eigenvalue weighted by molar-refractivity contribution is 7.99. The van der Waals surface area contributed by atoms with Crippen LogP contribution in [0.25, 0.3) is 0 Å². The Bertz CT molecular complexity index is 577. The van der Waals surface area contributed by atoms with Crippen LogP contribution < -0.4 is 0 Å². The minimum Gasteiger partial charge on any atom is -0.481 e. The molecule has 3 rings (SSSR count). The molecule has 1 N–H and O–H groups in total. The Hall–Kier alpha value is -1.90. The number of carbonyl (C=O) groups is 1. The number of hydrogen-bond acceptors (Lipinski definition) is 6. The summed E-state index contributed by atoms with van der Waals surface area (Å²) in [6, 6.07) is 0.393. The lowest BCUT2D eigenvalue weighted by Gasteiger charge is -2.07. The molecule has 0 aromatic carbocycles. The molecule has 1 aliphatic carbocycles. The van der Waals surface area contributed by atoms with Gasteiger partial charge in [0.05, 0.1) is 5.75 Å². The molecule has 1 aliphatic rings. The first-order valence-electron chi connectivity index (χ1n) is 5.85. The van der Waals surface area contributed by atoms with E-state index < -0.39 is 5.97 Å². The van der Waals surface area contributed by atoms with E-state index in [0.29, 0.717) is 17.7 Å². The van der Waals surface area contributed by atoms with E-state index in [4.69, 9.17) is 5.11 Å². The van der Waals surface area contributed by atoms with Crippen molar-refractivity contribution in [1.29, 1.82) is 0 Å². The topological polar surface area (TPSA) is 98.7 Å². The SMILES string of the molecule is O=C(O)CSc1nnc(Cn2cncn2)n1C1CC1. The Morgan fingerprint density at radius 3 is 2.95 bits per heavy atom. The molecular weight excluding hydrogens is 268 g/mol. The van der Waals surface area contributed by atoms with Crippen molar-refractivity contribution in [3.8, 4) is 0 Å². The minimum absolute atomic E-state index is 0.00578. The van der Waals surface area contributed by atoms with E-state index >= 15 is 0 Å². The standard InChI is InChI=1S/C10H12N6O2S/c17-9(18)4-19-10-14-13-8(16(10)7-1-2-7)3-15-6-11-5-12-15/h5-7H,1-4H2,(H,17,18). The molecule has 19 heavy (non-hydrogen) atoms. The molecule has 0 radical (unpaired) electrons. The van der Waals surface area contributed by atoms with Gasteiger partial charge in [-0.05, 0) is 12.8 Å². The van der Waals surface area contributed by atoms with Gasteiger partial charge in [0.1, 0.15) is 19.2 Å². The summed E-state index contributed by atoms with van der Waals surface area (Å²) >= 11 is 1.20. The quantitative estimate of drug-likeness (QED) is 0.766. The second kappa shape index (κ2) is 5.00. The van der Waals surface area contributed by atoms with Gasteiger partial charge in [0, 0.05) is 6.04 Å². The summed E-state index contributed by atoms with van der Waals surface area (Å²) in [5, 5.41) is 21.7. The van der Waals surface area contributed by atoms with Crippen molar-refractivity contribution in [1.82, 2.24) is 29.5 Å². The van der Waals surface area contributed by atoms with Gasteiger partial charge in [0.2, 0.25) is 0 Å². The van der Waals surface area contributed by atoms with E-state index in [2.05, 4.69) is 20.3 Å². The smallest absolute Gasteiger partial charge is 0.313 e. The highest BCUT2D eigenvalue weighted by Crippen LogP contribution is 2.38. The van der Waals surface area contributed by atoms with Crippen LogP contribution in [0.3, 0.4) is 0 Å². The van der Waals surface area contributed by atoms with Crippen molar-refractivity contribution < 1.29 is 9.90 Å². The molecule has 2 heterocycles. The molecule has 0 unspecified atom stereocenters. The summed E-state index contributed by atoms with van der Waals surface area (Å²) < 4.78 is 3.70. The lowest BCUT2D eigenvalue weighted by atomic mass is 10.5. The minimum atomic E-state index is -0.854. The van der Waals surface area contributed by atoms with Crippen LogP contribution in [0.15, 0.2) is 17.8 Å². The molecule has 0 amide bonds. The zero-order valence-electron chi connectivity index (χ0n) is 10.0. The van der Waals surface area contributed by atoms with E-state index in [1.807, 2.05) is 4.57 Å². The van der Waals surface area contributed by atoms with Gasteiger partial charge in [0.25, 0.3) is 0 Å². The van der Waals surface area contributed by atoms with Crippen LogP contribution in [-0.2, 0) is 11.3 Å². The predicted octanol–water partition coefficient (Wildman–Crippen LogP) is 0.429. The average molecular weight is 280 g/mol. The largest absolute Gasteiger partial charge is 0.481 e. The van der Waals surface area contributed by atoms with Crippen molar-refractivity contribution in [3.05, 3.63) is 18.5 Å². The number of aliphatic carboxylic acids is 1. The van der Waals surface area contributed by atoms with Crippen LogP contribution in [0.2, 0.25) is 0 Å². The summed E-state index contributed by atoms with van der Waals surface area (Å²) in [5.41, 5.74) is 0. The monoisotopic (exact) mass is 280 g/mol.